The van der Waals surface area contributed by atoms with Gasteiger partial charge in [-0.3, -0.25) is 4.79 Å². The van der Waals surface area contributed by atoms with Crippen LogP contribution in [0.25, 0.3) is 11.5 Å². The van der Waals surface area contributed by atoms with Gasteiger partial charge in [0.15, 0.2) is 17.2 Å². The van der Waals surface area contributed by atoms with Crippen LogP contribution in [0, 0.1) is 13.8 Å². The van der Waals surface area contributed by atoms with Crippen molar-refractivity contribution in [3.8, 4) is 23.0 Å². The lowest BCUT2D eigenvalue weighted by molar-refractivity contribution is 0.0941. The minimum atomic E-state index is -0.358. The third-order valence-electron chi connectivity index (χ3n) is 3.60. The number of phenolic OH excluding ortho intramolecular Hbond substituents is 1. The number of amides is 1. The van der Waals surface area contributed by atoms with Crippen LogP contribution < -0.4 is 10.1 Å². The van der Waals surface area contributed by atoms with Gasteiger partial charge in [-0.05, 0) is 32.0 Å². The zero-order valence-corrected chi connectivity index (χ0v) is 14.0. The first-order valence-corrected chi connectivity index (χ1v) is 7.53. The van der Waals surface area contributed by atoms with E-state index in [4.69, 9.17) is 13.7 Å². The Kier molecular flexibility index (Phi) is 4.42. The van der Waals surface area contributed by atoms with E-state index in [1.807, 2.05) is 0 Å². The summed E-state index contributed by atoms with van der Waals surface area (Å²) in [7, 11) is 1.47. The van der Waals surface area contributed by atoms with Gasteiger partial charge in [0, 0.05) is 11.6 Å². The highest BCUT2D eigenvalue weighted by Crippen LogP contribution is 2.31. The molecule has 0 saturated carbocycles. The van der Waals surface area contributed by atoms with Crippen molar-refractivity contribution in [1.82, 2.24) is 15.5 Å². The molecule has 3 aromatic rings. The van der Waals surface area contributed by atoms with Crippen molar-refractivity contribution in [3.63, 3.8) is 0 Å². The highest BCUT2D eigenvalue weighted by atomic mass is 16.5. The fourth-order valence-electron chi connectivity index (χ4n) is 2.27. The van der Waals surface area contributed by atoms with Gasteiger partial charge in [-0.2, -0.15) is 0 Å². The zero-order chi connectivity index (χ0) is 18.0. The lowest BCUT2D eigenvalue weighted by Crippen LogP contribution is -2.23. The van der Waals surface area contributed by atoms with E-state index in [0.717, 1.165) is 0 Å². The lowest BCUT2D eigenvalue weighted by Gasteiger charge is -2.03. The van der Waals surface area contributed by atoms with Gasteiger partial charge in [0.2, 0.25) is 5.89 Å². The highest BCUT2D eigenvalue weighted by molar-refractivity contribution is 5.92. The number of nitrogens with zero attached hydrogens (tertiary/aromatic N) is 2. The number of oxazole rings is 1. The van der Waals surface area contributed by atoms with Gasteiger partial charge in [-0.1, -0.05) is 5.16 Å². The van der Waals surface area contributed by atoms with Crippen molar-refractivity contribution >= 4 is 5.91 Å². The first-order chi connectivity index (χ1) is 12.0. The normalized spacial score (nSPS) is 10.7. The molecule has 2 heterocycles. The molecule has 0 aliphatic heterocycles. The number of carbonyl (C=O) groups is 1. The molecule has 8 nitrogen and oxygen atoms in total. The van der Waals surface area contributed by atoms with E-state index in [1.54, 1.807) is 32.0 Å². The van der Waals surface area contributed by atoms with E-state index in [2.05, 4.69) is 15.5 Å². The van der Waals surface area contributed by atoms with Crippen molar-refractivity contribution in [3.05, 3.63) is 47.2 Å². The van der Waals surface area contributed by atoms with Gasteiger partial charge in [0.1, 0.15) is 17.2 Å². The van der Waals surface area contributed by atoms with Crippen molar-refractivity contribution in [2.75, 3.05) is 7.11 Å². The maximum absolute atomic E-state index is 12.0. The fourth-order valence-corrected chi connectivity index (χ4v) is 2.27. The molecule has 0 radical (unpaired) electrons. The molecule has 2 N–H and O–H groups in total. The molecule has 3 rings (SSSR count). The Balaban J connectivity index is 1.74. The minimum absolute atomic E-state index is 0.00731. The van der Waals surface area contributed by atoms with Gasteiger partial charge in [0.25, 0.3) is 5.91 Å². The number of methoxy groups -OCH3 is 1. The zero-order valence-electron chi connectivity index (χ0n) is 14.0. The summed E-state index contributed by atoms with van der Waals surface area (Å²) < 4.78 is 15.5. The molecule has 0 aliphatic carbocycles. The Morgan fingerprint density at radius 1 is 1.32 bits per heavy atom. The molecule has 0 atom stereocenters. The second kappa shape index (κ2) is 6.68. The summed E-state index contributed by atoms with van der Waals surface area (Å²) in [5.41, 5.74) is 1.39. The number of rotatable bonds is 5. The first-order valence-electron chi connectivity index (χ1n) is 7.53. The van der Waals surface area contributed by atoms with Crippen molar-refractivity contribution in [2.45, 2.75) is 20.4 Å². The second-order valence-electron chi connectivity index (χ2n) is 5.41. The largest absolute Gasteiger partial charge is 0.504 e. The molecule has 2 aromatic heterocycles. The van der Waals surface area contributed by atoms with E-state index >= 15 is 0 Å². The molecule has 0 unspecified atom stereocenters. The van der Waals surface area contributed by atoms with Crippen molar-refractivity contribution in [1.29, 1.82) is 0 Å². The monoisotopic (exact) mass is 343 g/mol. The van der Waals surface area contributed by atoms with Gasteiger partial charge < -0.3 is 24.1 Å². The summed E-state index contributed by atoms with van der Waals surface area (Å²) in [5, 5.41) is 16.2. The summed E-state index contributed by atoms with van der Waals surface area (Å²) >= 11 is 0. The Morgan fingerprint density at radius 3 is 2.76 bits per heavy atom. The Morgan fingerprint density at radius 2 is 2.12 bits per heavy atom. The number of aromatic nitrogens is 2. The van der Waals surface area contributed by atoms with Crippen LogP contribution in [-0.4, -0.2) is 28.3 Å². The van der Waals surface area contributed by atoms with Crippen LogP contribution in [0.4, 0.5) is 0 Å². The predicted octanol–water partition coefficient (Wildman–Crippen LogP) is 2.59. The standard InChI is InChI=1S/C17H17N3O5/c1-9-6-12(20-25-9)16(22)18-8-13-10(2)24-17(19-13)11-4-5-15(23-3)14(21)7-11/h4-7,21H,8H2,1-3H3,(H,18,22). The number of benzene rings is 1. The van der Waals surface area contributed by atoms with E-state index < -0.39 is 0 Å². The van der Waals surface area contributed by atoms with Crippen LogP contribution in [-0.2, 0) is 6.54 Å². The number of carbonyl (C=O) groups excluding carboxylic acids is 1. The van der Waals surface area contributed by atoms with E-state index in [1.165, 1.54) is 13.2 Å². The molecule has 0 bridgehead atoms. The molecular weight excluding hydrogens is 326 g/mol. The third kappa shape index (κ3) is 3.47. The molecule has 1 aromatic carbocycles. The molecule has 0 spiro atoms. The van der Waals surface area contributed by atoms with E-state index in [0.29, 0.717) is 34.4 Å². The minimum Gasteiger partial charge on any atom is -0.504 e. The summed E-state index contributed by atoms with van der Waals surface area (Å²) in [4.78, 5) is 16.4. The van der Waals surface area contributed by atoms with Gasteiger partial charge >= 0.3 is 0 Å². The number of nitrogens with one attached hydrogen (secondary N) is 1. The number of hydrogen-bond acceptors (Lipinski definition) is 7. The topological polar surface area (TPSA) is 111 Å². The Labute approximate surface area is 143 Å². The van der Waals surface area contributed by atoms with Crippen LogP contribution in [0.15, 0.2) is 33.2 Å². The Bertz CT molecular complexity index is 913. The number of aromatic hydroxyl groups is 1. The molecule has 8 heteroatoms. The average Bonchev–Trinajstić information content (AvgIpc) is 3.18. The maximum Gasteiger partial charge on any atom is 0.273 e. The summed E-state index contributed by atoms with van der Waals surface area (Å²) in [6.07, 6.45) is 0. The van der Waals surface area contributed by atoms with E-state index in [-0.39, 0.29) is 23.9 Å². The maximum atomic E-state index is 12.0. The number of phenols is 1. The average molecular weight is 343 g/mol. The van der Waals surface area contributed by atoms with Crippen LogP contribution in [0.2, 0.25) is 0 Å². The number of aryl methyl sites for hydroxylation is 2. The predicted molar refractivity (Wildman–Crippen MR) is 87.3 cm³/mol. The summed E-state index contributed by atoms with van der Waals surface area (Å²) in [5.74, 6) is 1.47. The molecule has 0 fully saturated rings. The lowest BCUT2D eigenvalue weighted by atomic mass is 10.2. The second-order valence-corrected chi connectivity index (χ2v) is 5.41. The molecule has 0 saturated heterocycles. The van der Waals surface area contributed by atoms with Crippen LogP contribution >= 0.6 is 0 Å². The van der Waals surface area contributed by atoms with Crippen LogP contribution in [0.1, 0.15) is 27.7 Å². The van der Waals surface area contributed by atoms with Crippen molar-refractivity contribution in [2.24, 2.45) is 0 Å². The summed E-state index contributed by atoms with van der Waals surface area (Å²) in [6.45, 7) is 3.64. The van der Waals surface area contributed by atoms with Crippen molar-refractivity contribution < 1.29 is 23.6 Å². The van der Waals surface area contributed by atoms with Crippen LogP contribution in [0.5, 0.6) is 11.5 Å². The fraction of sp³-hybridized carbons (Fsp3) is 0.235. The smallest absolute Gasteiger partial charge is 0.273 e. The quantitative estimate of drug-likeness (QED) is 0.732. The van der Waals surface area contributed by atoms with Gasteiger partial charge in [-0.15, -0.1) is 0 Å². The van der Waals surface area contributed by atoms with Gasteiger partial charge in [-0.25, -0.2) is 4.98 Å². The molecule has 0 aliphatic rings. The van der Waals surface area contributed by atoms with Gasteiger partial charge in [0.05, 0.1) is 13.7 Å². The first kappa shape index (κ1) is 16.6. The third-order valence-corrected chi connectivity index (χ3v) is 3.60. The molecule has 1 amide bonds. The molecule has 130 valence electrons. The number of hydrogen-bond donors (Lipinski definition) is 2. The highest BCUT2D eigenvalue weighted by Gasteiger charge is 2.16. The summed E-state index contributed by atoms with van der Waals surface area (Å²) in [6, 6.07) is 6.41. The number of ether oxygens (including phenoxy) is 1. The van der Waals surface area contributed by atoms with E-state index in [9.17, 15) is 9.90 Å². The SMILES string of the molecule is COc1ccc(-c2nc(CNC(=O)c3cc(C)on3)c(C)o2)cc1O. The molecule has 25 heavy (non-hydrogen) atoms. The Hall–Kier alpha value is -3.29. The van der Waals surface area contributed by atoms with Crippen LogP contribution in [0.3, 0.4) is 0 Å². The molecular formula is C17H17N3O5.